The molecule has 222 valence electrons. The fraction of sp³-hybridized carbons (Fsp3) is 0.367. The number of aliphatic hydroxyl groups excluding tert-OH is 1. The van der Waals surface area contributed by atoms with Crippen molar-refractivity contribution < 1.29 is 32.6 Å². The molecule has 12 heteroatoms. The molecule has 0 bridgehead atoms. The first-order valence-corrected chi connectivity index (χ1v) is 15.2. The van der Waals surface area contributed by atoms with Crippen LogP contribution in [0.25, 0.3) is 5.76 Å². The first kappa shape index (κ1) is 29.6. The molecule has 1 spiro atoms. The van der Waals surface area contributed by atoms with E-state index in [9.17, 15) is 27.9 Å². The normalized spacial score (nSPS) is 22.4. The smallest absolute Gasteiger partial charge is 0.296 e. The zero-order valence-electron chi connectivity index (χ0n) is 23.7. The number of carbonyl (C=O) groups is 3. The van der Waals surface area contributed by atoms with E-state index in [0.717, 1.165) is 0 Å². The second-order valence-corrected chi connectivity index (χ2v) is 12.6. The van der Waals surface area contributed by atoms with Crippen LogP contribution in [0.4, 0.5) is 5.69 Å². The lowest BCUT2D eigenvalue weighted by Crippen LogP contribution is -2.52. The number of Topliss-reactive ketones (excluding diaryl/α,β-unsaturated/α-hetero) is 1. The van der Waals surface area contributed by atoms with Gasteiger partial charge in [0.05, 0.1) is 29.4 Å². The van der Waals surface area contributed by atoms with E-state index < -0.39 is 38.9 Å². The zero-order chi connectivity index (χ0) is 30.2. The largest absolute Gasteiger partial charge is 0.507 e. The lowest BCUT2D eigenvalue weighted by Gasteiger charge is -2.34. The molecular formula is C30H34N4O7S. The summed E-state index contributed by atoms with van der Waals surface area (Å²) in [6, 6.07) is 12.4. The van der Waals surface area contributed by atoms with Crippen LogP contribution in [0.3, 0.4) is 0 Å². The fourth-order valence-corrected chi connectivity index (χ4v) is 7.36. The fourth-order valence-electron chi connectivity index (χ4n) is 5.91. The van der Waals surface area contributed by atoms with Gasteiger partial charge in [-0.3, -0.25) is 14.4 Å². The predicted octanol–water partition coefficient (Wildman–Crippen LogP) is 1.77. The summed E-state index contributed by atoms with van der Waals surface area (Å²) in [5, 5.41) is 11.8. The molecule has 0 aliphatic carbocycles. The second kappa shape index (κ2) is 11.4. The number of anilines is 1. The minimum absolute atomic E-state index is 0.00227. The van der Waals surface area contributed by atoms with Crippen LogP contribution < -0.4 is 4.90 Å². The molecule has 0 radical (unpaired) electrons. The van der Waals surface area contributed by atoms with Crippen molar-refractivity contribution in [2.75, 3.05) is 64.9 Å². The Labute approximate surface area is 245 Å². The maximum Gasteiger partial charge on any atom is 0.296 e. The van der Waals surface area contributed by atoms with Crippen molar-refractivity contribution in [1.29, 1.82) is 0 Å². The highest BCUT2D eigenvalue weighted by atomic mass is 32.2. The van der Waals surface area contributed by atoms with Crippen LogP contribution in [0.1, 0.15) is 17.5 Å². The molecule has 2 aromatic rings. The van der Waals surface area contributed by atoms with E-state index >= 15 is 0 Å². The van der Waals surface area contributed by atoms with Gasteiger partial charge in [0.15, 0.2) is 5.54 Å². The van der Waals surface area contributed by atoms with E-state index in [0.29, 0.717) is 24.2 Å². The number of carbonyl (C=O) groups excluding carboxylic acids is 3. The molecule has 1 atom stereocenters. The molecule has 2 aromatic carbocycles. The van der Waals surface area contributed by atoms with Gasteiger partial charge in [0.25, 0.3) is 17.6 Å². The molecule has 2 fully saturated rings. The second-order valence-electron chi connectivity index (χ2n) is 10.6. The molecule has 0 saturated carbocycles. The quantitative estimate of drug-likeness (QED) is 0.201. The highest BCUT2D eigenvalue weighted by Gasteiger charge is 2.66. The van der Waals surface area contributed by atoms with Gasteiger partial charge in [-0.15, -0.1) is 6.58 Å². The third-order valence-corrected chi connectivity index (χ3v) is 9.72. The highest BCUT2D eigenvalue weighted by molar-refractivity contribution is 7.89. The van der Waals surface area contributed by atoms with E-state index in [-0.39, 0.29) is 55.4 Å². The number of ether oxygens (including phenoxy) is 1. The SMILES string of the molecule is C=CCN1C(=O)[C@@]2(C(=C(O)c3cccc(S(=O)(=O)N4CCOCC4)c3)C(=O)C(=O)N2CCCN(C)C)c2ccccc21. The standard InChI is InChI=1S/C30H34N4O7S/c1-4-13-33-24-12-6-5-11-23(24)30(29(33)38)25(27(36)28(37)34(30)15-8-14-31(2)3)26(35)21-9-7-10-22(20-21)42(39,40)32-16-18-41-19-17-32/h4-7,9-12,20,35H,1,8,13-19H2,2-3H3/t30-/m0/s1. The molecule has 2 saturated heterocycles. The summed E-state index contributed by atoms with van der Waals surface area (Å²) in [7, 11) is -0.176. The monoisotopic (exact) mass is 594 g/mol. The first-order valence-electron chi connectivity index (χ1n) is 13.7. The lowest BCUT2D eigenvalue weighted by atomic mass is 9.82. The number of ketones is 1. The molecule has 0 aromatic heterocycles. The third kappa shape index (κ3) is 4.64. The van der Waals surface area contributed by atoms with Crippen LogP contribution in [0.15, 0.2) is 71.7 Å². The molecule has 5 rings (SSSR count). The molecule has 0 unspecified atom stereocenters. The zero-order valence-corrected chi connectivity index (χ0v) is 24.5. The van der Waals surface area contributed by atoms with E-state index in [4.69, 9.17) is 4.74 Å². The van der Waals surface area contributed by atoms with Gasteiger partial charge in [-0.2, -0.15) is 4.31 Å². The van der Waals surface area contributed by atoms with Crippen molar-refractivity contribution in [2.45, 2.75) is 16.9 Å². The van der Waals surface area contributed by atoms with Gasteiger partial charge in [0, 0.05) is 37.3 Å². The van der Waals surface area contributed by atoms with Crippen molar-refractivity contribution in [1.82, 2.24) is 14.1 Å². The van der Waals surface area contributed by atoms with Crippen molar-refractivity contribution in [3.8, 4) is 0 Å². The van der Waals surface area contributed by atoms with Crippen molar-refractivity contribution in [2.24, 2.45) is 0 Å². The average Bonchev–Trinajstić information content (AvgIpc) is 3.36. The number of rotatable bonds is 9. The van der Waals surface area contributed by atoms with Gasteiger partial charge in [-0.1, -0.05) is 36.4 Å². The molecule has 3 aliphatic heterocycles. The van der Waals surface area contributed by atoms with Gasteiger partial charge in [0.2, 0.25) is 10.0 Å². The Kier molecular flexibility index (Phi) is 8.08. The average molecular weight is 595 g/mol. The van der Waals surface area contributed by atoms with E-state index in [1.54, 1.807) is 30.3 Å². The molecular weight excluding hydrogens is 560 g/mol. The summed E-state index contributed by atoms with van der Waals surface area (Å²) >= 11 is 0. The van der Waals surface area contributed by atoms with E-state index in [1.807, 2.05) is 19.0 Å². The van der Waals surface area contributed by atoms with E-state index in [2.05, 4.69) is 6.58 Å². The van der Waals surface area contributed by atoms with Gasteiger partial charge in [0.1, 0.15) is 5.76 Å². The first-order chi connectivity index (χ1) is 20.1. The maximum atomic E-state index is 14.4. The number of hydrogen-bond donors (Lipinski definition) is 1. The predicted molar refractivity (Wildman–Crippen MR) is 156 cm³/mol. The van der Waals surface area contributed by atoms with Gasteiger partial charge < -0.3 is 24.5 Å². The van der Waals surface area contributed by atoms with Crippen LogP contribution in [-0.2, 0) is 34.7 Å². The Bertz CT molecular complexity index is 1580. The maximum absolute atomic E-state index is 14.4. The summed E-state index contributed by atoms with van der Waals surface area (Å²) < 4.78 is 33.3. The molecule has 3 aliphatic rings. The Morgan fingerprint density at radius 2 is 1.81 bits per heavy atom. The van der Waals surface area contributed by atoms with Gasteiger partial charge in [-0.05, 0) is 45.3 Å². The number of nitrogens with zero attached hydrogens (tertiary/aromatic N) is 4. The number of benzene rings is 2. The van der Waals surface area contributed by atoms with Crippen LogP contribution >= 0.6 is 0 Å². The summed E-state index contributed by atoms with van der Waals surface area (Å²) in [6.07, 6.45) is 2.01. The molecule has 2 amide bonds. The summed E-state index contributed by atoms with van der Waals surface area (Å²) in [6.45, 7) is 5.44. The summed E-state index contributed by atoms with van der Waals surface area (Å²) in [5.74, 6) is -3.10. The Morgan fingerprint density at radius 3 is 2.50 bits per heavy atom. The summed E-state index contributed by atoms with van der Waals surface area (Å²) in [5.41, 5.74) is -1.43. The topological polar surface area (TPSA) is 128 Å². The van der Waals surface area contributed by atoms with Crippen molar-refractivity contribution >= 4 is 39.1 Å². The Hall–Kier alpha value is -3.84. The van der Waals surface area contributed by atoms with Gasteiger partial charge in [-0.25, -0.2) is 8.42 Å². The molecule has 3 heterocycles. The Morgan fingerprint density at radius 1 is 1.10 bits per heavy atom. The summed E-state index contributed by atoms with van der Waals surface area (Å²) in [4.78, 5) is 46.4. The lowest BCUT2D eigenvalue weighted by molar-refractivity contribution is -0.143. The number of morpholine rings is 1. The molecule has 1 N–H and O–H groups in total. The van der Waals surface area contributed by atoms with E-state index in [1.165, 1.54) is 38.4 Å². The van der Waals surface area contributed by atoms with Crippen LogP contribution in [0.2, 0.25) is 0 Å². The third-order valence-electron chi connectivity index (χ3n) is 7.82. The Balaban J connectivity index is 1.71. The number of likely N-dealkylation sites (tertiary alicyclic amines) is 1. The number of amides is 2. The minimum Gasteiger partial charge on any atom is -0.507 e. The van der Waals surface area contributed by atoms with Crippen molar-refractivity contribution in [3.05, 3.63) is 77.9 Å². The minimum atomic E-state index is -3.93. The van der Waals surface area contributed by atoms with Crippen LogP contribution in [0, 0.1) is 0 Å². The number of para-hydroxylation sites is 1. The number of sulfonamides is 1. The van der Waals surface area contributed by atoms with Crippen molar-refractivity contribution in [3.63, 3.8) is 0 Å². The highest BCUT2D eigenvalue weighted by Crippen LogP contribution is 2.53. The molecule has 42 heavy (non-hydrogen) atoms. The van der Waals surface area contributed by atoms with Crippen LogP contribution in [-0.4, -0.2) is 105 Å². The number of fused-ring (bicyclic) bond motifs is 2. The van der Waals surface area contributed by atoms with Gasteiger partial charge >= 0.3 is 0 Å². The number of aliphatic hydroxyl groups is 1. The van der Waals surface area contributed by atoms with Crippen LogP contribution in [0.5, 0.6) is 0 Å². The molecule has 11 nitrogen and oxygen atoms in total. The number of hydrogen-bond acceptors (Lipinski definition) is 8.